The largest absolute Gasteiger partial charge is 0.508 e. The fourth-order valence-corrected chi connectivity index (χ4v) is 2.55. The first-order valence-corrected chi connectivity index (χ1v) is 8.54. The van der Waals surface area contributed by atoms with E-state index in [1.54, 1.807) is 12.1 Å². The predicted molar refractivity (Wildman–Crippen MR) is 101 cm³/mol. The molecule has 3 amide bonds. The molecule has 0 aromatic heterocycles. The van der Waals surface area contributed by atoms with Gasteiger partial charge in [-0.3, -0.25) is 4.79 Å². The average molecular weight is 366 g/mol. The van der Waals surface area contributed by atoms with E-state index in [1.807, 2.05) is 43.3 Å². The van der Waals surface area contributed by atoms with Crippen LogP contribution in [0.2, 0.25) is 0 Å². The normalized spacial score (nSPS) is 12.3. The van der Waals surface area contributed by atoms with E-state index in [1.165, 1.54) is 12.1 Å². The number of aromatic hydroxyl groups is 1. The summed E-state index contributed by atoms with van der Waals surface area (Å²) in [5.41, 5.74) is 1.71. The molecule has 7 nitrogen and oxygen atoms in total. The lowest BCUT2D eigenvalue weighted by Gasteiger charge is -2.20. The molecule has 0 saturated heterocycles. The van der Waals surface area contributed by atoms with Crippen LogP contribution in [0.15, 0.2) is 54.6 Å². The van der Waals surface area contributed by atoms with Crippen molar-refractivity contribution in [2.45, 2.75) is 25.4 Å². The third-order valence-electron chi connectivity index (χ3n) is 3.99. The summed E-state index contributed by atoms with van der Waals surface area (Å²) in [6.45, 7) is 1.70. The van der Waals surface area contributed by atoms with Crippen molar-refractivity contribution in [1.82, 2.24) is 16.0 Å². The molecular weight excluding hydrogens is 344 g/mol. The molecular formula is C20H22N4O3. The van der Waals surface area contributed by atoms with E-state index in [-0.39, 0.29) is 24.8 Å². The average Bonchev–Trinajstić information content (AvgIpc) is 2.67. The van der Waals surface area contributed by atoms with Crippen molar-refractivity contribution in [2.24, 2.45) is 0 Å². The van der Waals surface area contributed by atoms with Gasteiger partial charge in [0.2, 0.25) is 5.91 Å². The second-order valence-electron chi connectivity index (χ2n) is 6.05. The molecule has 2 aromatic carbocycles. The van der Waals surface area contributed by atoms with E-state index in [9.17, 15) is 14.7 Å². The number of carbonyl (C=O) groups excluding carboxylic acids is 2. The van der Waals surface area contributed by atoms with Crippen LogP contribution in [0.5, 0.6) is 5.75 Å². The first-order valence-electron chi connectivity index (χ1n) is 8.54. The van der Waals surface area contributed by atoms with Gasteiger partial charge >= 0.3 is 6.03 Å². The number of amides is 3. The monoisotopic (exact) mass is 366 g/mol. The second kappa shape index (κ2) is 9.82. The highest BCUT2D eigenvalue weighted by molar-refractivity contribution is 5.87. The van der Waals surface area contributed by atoms with Gasteiger partial charge in [-0.15, -0.1) is 0 Å². The molecule has 0 heterocycles. The molecule has 27 heavy (non-hydrogen) atoms. The predicted octanol–water partition coefficient (Wildman–Crippen LogP) is 2.00. The van der Waals surface area contributed by atoms with Crippen LogP contribution >= 0.6 is 0 Å². The Morgan fingerprint density at radius 3 is 2.37 bits per heavy atom. The Kier molecular flexibility index (Phi) is 7.20. The first-order chi connectivity index (χ1) is 13.0. The number of phenols is 1. The summed E-state index contributed by atoms with van der Waals surface area (Å²) in [5.74, 6) is -0.334. The zero-order valence-corrected chi connectivity index (χ0v) is 15.0. The van der Waals surface area contributed by atoms with Gasteiger partial charge in [-0.25, -0.2) is 4.79 Å². The number of phenolic OH excluding ortho intramolecular Hbond substituents is 1. The molecule has 7 heteroatoms. The third kappa shape index (κ3) is 6.36. The second-order valence-corrected chi connectivity index (χ2v) is 6.05. The Bertz CT molecular complexity index is 800. The highest BCUT2D eigenvalue weighted by Crippen LogP contribution is 2.13. The van der Waals surface area contributed by atoms with Gasteiger partial charge < -0.3 is 21.1 Å². The minimum absolute atomic E-state index is 0.117. The van der Waals surface area contributed by atoms with E-state index in [2.05, 4.69) is 16.0 Å². The molecule has 2 aromatic rings. The van der Waals surface area contributed by atoms with Crippen molar-refractivity contribution in [2.75, 3.05) is 6.54 Å². The van der Waals surface area contributed by atoms with Gasteiger partial charge in [0.1, 0.15) is 18.3 Å². The number of hydrogen-bond donors (Lipinski definition) is 4. The van der Waals surface area contributed by atoms with Gasteiger partial charge in [0.25, 0.3) is 0 Å². The Hall–Kier alpha value is -3.53. The SMILES string of the molecule is CC(NC(=O)NC(Cc1ccc(O)cc1)C(=O)NCC#N)c1ccccc1. The Balaban J connectivity index is 2.03. The molecule has 140 valence electrons. The lowest BCUT2D eigenvalue weighted by Crippen LogP contribution is -2.51. The van der Waals surface area contributed by atoms with Crippen LogP contribution in [0.4, 0.5) is 4.79 Å². The molecule has 0 radical (unpaired) electrons. The van der Waals surface area contributed by atoms with Gasteiger partial charge in [0, 0.05) is 6.42 Å². The lowest BCUT2D eigenvalue weighted by atomic mass is 10.0. The quantitative estimate of drug-likeness (QED) is 0.561. The molecule has 0 saturated carbocycles. The number of nitrogens with zero attached hydrogens (tertiary/aromatic N) is 1. The fraction of sp³-hybridized carbons (Fsp3) is 0.250. The molecule has 4 N–H and O–H groups in total. The summed E-state index contributed by atoms with van der Waals surface area (Å²) in [6.07, 6.45) is 0.227. The molecule has 0 spiro atoms. The molecule has 0 aliphatic rings. The molecule has 0 aliphatic heterocycles. The number of urea groups is 1. The minimum Gasteiger partial charge on any atom is -0.508 e. The number of rotatable bonds is 7. The van der Waals surface area contributed by atoms with E-state index in [0.717, 1.165) is 11.1 Å². The minimum atomic E-state index is -0.856. The van der Waals surface area contributed by atoms with Crippen LogP contribution in [0.25, 0.3) is 0 Å². The molecule has 2 rings (SSSR count). The number of benzene rings is 2. The maximum atomic E-state index is 12.4. The zero-order chi connectivity index (χ0) is 19.6. The van der Waals surface area contributed by atoms with E-state index >= 15 is 0 Å². The van der Waals surface area contributed by atoms with Crippen LogP contribution in [-0.2, 0) is 11.2 Å². The highest BCUT2D eigenvalue weighted by atomic mass is 16.3. The van der Waals surface area contributed by atoms with Crippen molar-refractivity contribution < 1.29 is 14.7 Å². The maximum Gasteiger partial charge on any atom is 0.315 e. The topological polar surface area (TPSA) is 114 Å². The van der Waals surface area contributed by atoms with Crippen LogP contribution in [0, 0.1) is 11.3 Å². The summed E-state index contributed by atoms with van der Waals surface area (Å²) in [4.78, 5) is 24.7. The van der Waals surface area contributed by atoms with Crippen molar-refractivity contribution in [3.8, 4) is 11.8 Å². The Labute approximate surface area is 158 Å². The van der Waals surface area contributed by atoms with E-state index < -0.39 is 18.0 Å². The van der Waals surface area contributed by atoms with Crippen LogP contribution in [-0.4, -0.2) is 29.6 Å². The third-order valence-corrected chi connectivity index (χ3v) is 3.99. The van der Waals surface area contributed by atoms with Gasteiger partial charge in [0.15, 0.2) is 0 Å². The van der Waals surface area contributed by atoms with Crippen LogP contribution in [0.1, 0.15) is 24.1 Å². The maximum absolute atomic E-state index is 12.4. The van der Waals surface area contributed by atoms with Crippen molar-refractivity contribution in [3.05, 3.63) is 65.7 Å². The van der Waals surface area contributed by atoms with Crippen LogP contribution in [0.3, 0.4) is 0 Å². The fourth-order valence-electron chi connectivity index (χ4n) is 2.55. The number of nitrogens with one attached hydrogen (secondary N) is 3. The van der Waals surface area contributed by atoms with Crippen LogP contribution < -0.4 is 16.0 Å². The number of nitriles is 1. The summed E-state index contributed by atoms with van der Waals surface area (Å²) in [5, 5.41) is 25.9. The van der Waals surface area contributed by atoms with E-state index in [4.69, 9.17) is 5.26 Å². The standard InChI is InChI=1S/C20H22N4O3/c1-14(16-5-3-2-4-6-16)23-20(27)24-18(19(26)22-12-11-21)13-15-7-9-17(25)10-8-15/h2-10,14,18,25H,12-13H2,1H3,(H,22,26)(H2,23,24,27). The Morgan fingerprint density at radius 1 is 1.07 bits per heavy atom. The summed E-state index contributed by atoms with van der Waals surface area (Å²) < 4.78 is 0. The van der Waals surface area contributed by atoms with Gasteiger partial charge in [-0.05, 0) is 30.2 Å². The van der Waals surface area contributed by atoms with Gasteiger partial charge in [-0.2, -0.15) is 5.26 Å². The van der Waals surface area contributed by atoms with E-state index in [0.29, 0.717) is 0 Å². The molecule has 0 bridgehead atoms. The number of carbonyl (C=O) groups is 2. The lowest BCUT2D eigenvalue weighted by molar-refractivity contribution is -0.122. The first kappa shape index (κ1) is 19.8. The molecule has 2 unspecified atom stereocenters. The molecule has 0 fully saturated rings. The summed E-state index contributed by atoms with van der Waals surface area (Å²) >= 11 is 0. The Morgan fingerprint density at radius 2 is 1.74 bits per heavy atom. The summed E-state index contributed by atoms with van der Waals surface area (Å²) in [7, 11) is 0. The van der Waals surface area contributed by atoms with Crippen molar-refractivity contribution in [1.29, 1.82) is 5.26 Å². The van der Waals surface area contributed by atoms with Crippen molar-refractivity contribution >= 4 is 11.9 Å². The zero-order valence-electron chi connectivity index (χ0n) is 15.0. The number of hydrogen-bond acceptors (Lipinski definition) is 4. The molecule has 2 atom stereocenters. The smallest absolute Gasteiger partial charge is 0.315 e. The van der Waals surface area contributed by atoms with Gasteiger partial charge in [-0.1, -0.05) is 42.5 Å². The summed E-state index contributed by atoms with van der Waals surface area (Å²) in [6, 6.07) is 16.1. The van der Waals surface area contributed by atoms with Crippen molar-refractivity contribution in [3.63, 3.8) is 0 Å². The molecule has 0 aliphatic carbocycles. The van der Waals surface area contributed by atoms with Gasteiger partial charge in [0.05, 0.1) is 12.1 Å². The highest BCUT2D eigenvalue weighted by Gasteiger charge is 2.22.